The number of benzene rings is 2. The molecule has 102 valence electrons. The fraction of sp³-hybridized carbons (Fsp3) is 0.0667. The summed E-state index contributed by atoms with van der Waals surface area (Å²) in [5.41, 5.74) is 1.25. The highest BCUT2D eigenvalue weighted by Crippen LogP contribution is 2.03. The Balaban J connectivity index is 1.73. The summed E-state index contributed by atoms with van der Waals surface area (Å²) in [6.45, 7) is 0.0619. The Kier molecular flexibility index (Phi) is 4.72. The molecule has 5 heteroatoms. The lowest BCUT2D eigenvalue weighted by molar-refractivity contribution is 0.0952. The van der Waals surface area contributed by atoms with Gasteiger partial charge in [0.25, 0.3) is 5.91 Å². The maximum absolute atomic E-state index is 11.7. The number of hydrogen-bond donors (Lipinski definition) is 3. The van der Waals surface area contributed by atoms with E-state index in [0.29, 0.717) is 11.3 Å². The zero-order valence-corrected chi connectivity index (χ0v) is 10.8. The van der Waals surface area contributed by atoms with E-state index in [1.807, 2.05) is 24.3 Å². The van der Waals surface area contributed by atoms with Crippen LogP contribution in [0.25, 0.3) is 0 Å². The molecular formula is C15H15N3O2. The largest absolute Gasteiger partial charge is 0.335 e. The molecule has 0 heterocycles. The molecule has 0 aliphatic carbocycles. The van der Waals surface area contributed by atoms with Crippen LogP contribution in [0.2, 0.25) is 0 Å². The van der Waals surface area contributed by atoms with E-state index in [9.17, 15) is 9.59 Å². The smallest absolute Gasteiger partial charge is 0.320 e. The average molecular weight is 269 g/mol. The number of carbonyl (C=O) groups is 2. The molecule has 0 unspecified atom stereocenters. The number of urea groups is 1. The highest BCUT2D eigenvalue weighted by atomic mass is 16.2. The zero-order valence-electron chi connectivity index (χ0n) is 10.8. The Bertz CT molecular complexity index is 570. The topological polar surface area (TPSA) is 70.2 Å². The lowest BCUT2D eigenvalue weighted by atomic mass is 10.2. The minimum Gasteiger partial charge on any atom is -0.335 e. The molecule has 2 aromatic carbocycles. The van der Waals surface area contributed by atoms with E-state index >= 15 is 0 Å². The Morgan fingerprint density at radius 2 is 1.40 bits per heavy atom. The predicted molar refractivity (Wildman–Crippen MR) is 77.4 cm³/mol. The molecule has 20 heavy (non-hydrogen) atoms. The molecule has 0 saturated heterocycles. The quantitative estimate of drug-likeness (QED) is 0.745. The third-order valence-electron chi connectivity index (χ3n) is 2.57. The van der Waals surface area contributed by atoms with Crippen molar-refractivity contribution < 1.29 is 9.59 Å². The van der Waals surface area contributed by atoms with Gasteiger partial charge in [-0.15, -0.1) is 0 Å². The molecule has 2 aromatic rings. The van der Waals surface area contributed by atoms with Crippen LogP contribution in [0.15, 0.2) is 60.7 Å². The molecule has 0 radical (unpaired) electrons. The van der Waals surface area contributed by atoms with E-state index in [2.05, 4.69) is 16.0 Å². The van der Waals surface area contributed by atoms with Gasteiger partial charge in [0.05, 0.1) is 6.67 Å². The second-order valence-corrected chi connectivity index (χ2v) is 4.05. The maximum Gasteiger partial charge on any atom is 0.320 e. The number of anilines is 1. The number of nitrogens with one attached hydrogen (secondary N) is 3. The number of para-hydroxylation sites is 1. The van der Waals surface area contributed by atoms with Gasteiger partial charge < -0.3 is 16.0 Å². The molecule has 3 amide bonds. The van der Waals surface area contributed by atoms with Gasteiger partial charge in [-0.2, -0.15) is 0 Å². The molecule has 0 saturated carbocycles. The predicted octanol–water partition coefficient (Wildman–Crippen LogP) is 2.20. The summed E-state index contributed by atoms with van der Waals surface area (Å²) < 4.78 is 0. The van der Waals surface area contributed by atoms with Gasteiger partial charge in [-0.1, -0.05) is 36.4 Å². The second-order valence-electron chi connectivity index (χ2n) is 4.05. The summed E-state index contributed by atoms with van der Waals surface area (Å²) in [6, 6.07) is 17.5. The zero-order chi connectivity index (χ0) is 14.2. The standard InChI is InChI=1S/C15H15N3O2/c19-14(12-7-3-1-4-8-12)16-11-17-15(20)18-13-9-5-2-6-10-13/h1-10H,11H2,(H,16,19)(H2,17,18,20). The normalized spacial score (nSPS) is 9.60. The molecule has 3 N–H and O–H groups in total. The van der Waals surface area contributed by atoms with E-state index in [1.165, 1.54) is 0 Å². The average Bonchev–Trinajstić information content (AvgIpc) is 2.49. The summed E-state index contributed by atoms with van der Waals surface area (Å²) >= 11 is 0. The first-order valence-corrected chi connectivity index (χ1v) is 6.19. The fourth-order valence-corrected chi connectivity index (χ4v) is 1.59. The minimum absolute atomic E-state index is 0.0619. The van der Waals surface area contributed by atoms with Crippen LogP contribution >= 0.6 is 0 Å². The van der Waals surface area contributed by atoms with E-state index in [1.54, 1.807) is 36.4 Å². The summed E-state index contributed by atoms with van der Waals surface area (Å²) in [7, 11) is 0. The minimum atomic E-state index is -0.371. The van der Waals surface area contributed by atoms with Gasteiger partial charge in [0.15, 0.2) is 0 Å². The molecule has 5 nitrogen and oxygen atoms in total. The van der Waals surface area contributed by atoms with Crippen LogP contribution < -0.4 is 16.0 Å². The second kappa shape index (κ2) is 6.94. The molecule has 0 bridgehead atoms. The Morgan fingerprint density at radius 3 is 2.05 bits per heavy atom. The van der Waals surface area contributed by atoms with Crippen molar-refractivity contribution in [1.82, 2.24) is 10.6 Å². The van der Waals surface area contributed by atoms with E-state index in [4.69, 9.17) is 0 Å². The summed E-state index contributed by atoms with van der Waals surface area (Å²) in [6.07, 6.45) is 0. The van der Waals surface area contributed by atoms with Crippen molar-refractivity contribution in [2.24, 2.45) is 0 Å². The van der Waals surface area contributed by atoms with Crippen molar-refractivity contribution in [3.05, 3.63) is 66.2 Å². The number of hydrogen-bond acceptors (Lipinski definition) is 2. The first kappa shape index (κ1) is 13.6. The molecular weight excluding hydrogens is 254 g/mol. The van der Waals surface area contributed by atoms with Crippen LogP contribution in [0.3, 0.4) is 0 Å². The van der Waals surface area contributed by atoms with Gasteiger partial charge in [0.1, 0.15) is 0 Å². The Morgan fingerprint density at radius 1 is 0.800 bits per heavy atom. The summed E-state index contributed by atoms with van der Waals surface area (Å²) in [5.74, 6) is -0.231. The van der Waals surface area contributed by atoms with Crippen molar-refractivity contribution in [2.45, 2.75) is 0 Å². The van der Waals surface area contributed by atoms with Gasteiger partial charge in [0.2, 0.25) is 0 Å². The van der Waals surface area contributed by atoms with Gasteiger partial charge in [-0.05, 0) is 24.3 Å². The number of amides is 3. The fourth-order valence-electron chi connectivity index (χ4n) is 1.59. The molecule has 0 fully saturated rings. The summed E-state index contributed by atoms with van der Waals surface area (Å²) in [4.78, 5) is 23.3. The molecule has 0 aliphatic rings. The SMILES string of the molecule is O=C(NCNC(=O)c1ccccc1)Nc1ccccc1. The maximum atomic E-state index is 11.7. The number of rotatable bonds is 4. The van der Waals surface area contributed by atoms with Crippen LogP contribution in [0, 0.1) is 0 Å². The van der Waals surface area contributed by atoms with Crippen LogP contribution in [0.4, 0.5) is 10.5 Å². The van der Waals surface area contributed by atoms with Crippen molar-refractivity contribution >= 4 is 17.6 Å². The van der Waals surface area contributed by atoms with Gasteiger partial charge in [0, 0.05) is 11.3 Å². The third kappa shape index (κ3) is 4.13. The van der Waals surface area contributed by atoms with Crippen molar-refractivity contribution in [2.75, 3.05) is 12.0 Å². The van der Waals surface area contributed by atoms with Crippen molar-refractivity contribution in [3.63, 3.8) is 0 Å². The lowest BCUT2D eigenvalue weighted by Crippen LogP contribution is -2.39. The monoisotopic (exact) mass is 269 g/mol. The number of carbonyl (C=O) groups excluding carboxylic acids is 2. The van der Waals surface area contributed by atoms with Gasteiger partial charge in [-0.3, -0.25) is 4.79 Å². The van der Waals surface area contributed by atoms with E-state index in [-0.39, 0.29) is 18.6 Å². The third-order valence-corrected chi connectivity index (χ3v) is 2.57. The highest BCUT2D eigenvalue weighted by Gasteiger charge is 2.04. The first-order chi connectivity index (χ1) is 9.75. The first-order valence-electron chi connectivity index (χ1n) is 6.19. The van der Waals surface area contributed by atoms with Gasteiger partial charge in [-0.25, -0.2) is 4.79 Å². The Labute approximate surface area is 117 Å². The molecule has 0 spiro atoms. The molecule has 0 aromatic heterocycles. The molecule has 0 atom stereocenters. The molecule has 2 rings (SSSR count). The lowest BCUT2D eigenvalue weighted by Gasteiger charge is -2.08. The van der Waals surface area contributed by atoms with Crippen LogP contribution in [0.1, 0.15) is 10.4 Å². The Hall–Kier alpha value is -2.82. The molecule has 0 aliphatic heterocycles. The van der Waals surface area contributed by atoms with Crippen LogP contribution in [-0.2, 0) is 0 Å². The van der Waals surface area contributed by atoms with Gasteiger partial charge >= 0.3 is 6.03 Å². The van der Waals surface area contributed by atoms with E-state index in [0.717, 1.165) is 0 Å². The van der Waals surface area contributed by atoms with Crippen molar-refractivity contribution in [1.29, 1.82) is 0 Å². The van der Waals surface area contributed by atoms with E-state index < -0.39 is 0 Å². The highest BCUT2D eigenvalue weighted by molar-refractivity contribution is 5.94. The van der Waals surface area contributed by atoms with Crippen molar-refractivity contribution in [3.8, 4) is 0 Å². The van der Waals surface area contributed by atoms with Crippen LogP contribution in [0.5, 0.6) is 0 Å². The van der Waals surface area contributed by atoms with Crippen LogP contribution in [-0.4, -0.2) is 18.6 Å². The summed E-state index contributed by atoms with van der Waals surface area (Å²) in [5, 5.41) is 7.81.